The first-order valence-electron chi connectivity index (χ1n) is 6.88. The zero-order valence-corrected chi connectivity index (χ0v) is 15.0. The molecule has 0 fully saturated rings. The Labute approximate surface area is 140 Å². The van der Waals surface area contributed by atoms with Crippen molar-refractivity contribution in [2.24, 2.45) is 5.73 Å². The van der Waals surface area contributed by atoms with Gasteiger partial charge in [-0.25, -0.2) is 13.4 Å². The van der Waals surface area contributed by atoms with Gasteiger partial charge in [0.25, 0.3) is 10.1 Å². The molecule has 11 heteroatoms. The maximum Gasteiger partial charge on any atom is 0.294 e. The van der Waals surface area contributed by atoms with Crippen LogP contribution in [0.4, 0.5) is 5.69 Å². The van der Waals surface area contributed by atoms with E-state index in [1.165, 1.54) is 36.6 Å². The Balaban J connectivity index is 2.70. The second kappa shape index (κ2) is 6.01. The van der Waals surface area contributed by atoms with Crippen LogP contribution in [0.25, 0.3) is 0 Å². The summed E-state index contributed by atoms with van der Waals surface area (Å²) in [4.78, 5) is 2.87. The van der Waals surface area contributed by atoms with Crippen molar-refractivity contribution < 1.29 is 26.2 Å². The molecular weight excluding hydrogens is 358 g/mol. The third kappa shape index (κ3) is 3.00. The molecule has 1 aliphatic rings. The Bertz CT molecular complexity index is 881. The molecule has 0 saturated heterocycles. The number of allylic oxidation sites excluding steroid dienone is 1. The van der Waals surface area contributed by atoms with Crippen LogP contribution in [0.2, 0.25) is 0 Å². The van der Waals surface area contributed by atoms with Crippen molar-refractivity contribution in [1.29, 1.82) is 0 Å². The van der Waals surface area contributed by atoms with E-state index in [4.69, 9.17) is 10.6 Å². The molecule has 9 nitrogen and oxygen atoms in total. The number of hydrogen-bond donors (Lipinski definition) is 2. The molecule has 1 aliphatic heterocycles. The standard InChI is InChI=1S/C13H19N3O6S2/c1-4-10-9-13(14,23(3,17)18)15(16(10)22-2)11-6-5-7-12(8-11)24(19,20)21/h5-9H,4,14H2,1-3H3,(H,19,20,21). The lowest BCUT2D eigenvalue weighted by Crippen LogP contribution is -2.61. The van der Waals surface area contributed by atoms with E-state index >= 15 is 0 Å². The lowest BCUT2D eigenvalue weighted by atomic mass is 10.3. The molecule has 2 rings (SSSR count). The summed E-state index contributed by atoms with van der Waals surface area (Å²) in [6, 6.07) is 5.11. The minimum absolute atomic E-state index is 0.125. The molecule has 1 heterocycles. The van der Waals surface area contributed by atoms with E-state index in [1.54, 1.807) is 6.92 Å². The molecule has 0 spiro atoms. The SMILES string of the molecule is CCC1=CC(N)(S(C)(=O)=O)N(c2cccc(S(=O)(=O)O)c2)N1OC. The van der Waals surface area contributed by atoms with Crippen LogP contribution in [0, 0.1) is 0 Å². The van der Waals surface area contributed by atoms with E-state index in [0.29, 0.717) is 12.1 Å². The summed E-state index contributed by atoms with van der Waals surface area (Å²) < 4.78 is 56.5. The molecule has 0 radical (unpaired) electrons. The Morgan fingerprint density at radius 3 is 2.38 bits per heavy atom. The molecule has 0 amide bonds. The Morgan fingerprint density at radius 2 is 1.92 bits per heavy atom. The molecule has 1 atom stereocenters. The summed E-state index contributed by atoms with van der Waals surface area (Å²) >= 11 is 0. The fourth-order valence-corrected chi connectivity index (χ4v) is 3.77. The van der Waals surface area contributed by atoms with Gasteiger partial charge in [-0.2, -0.15) is 13.6 Å². The number of nitrogens with zero attached hydrogens (tertiary/aromatic N) is 2. The van der Waals surface area contributed by atoms with E-state index < -0.39 is 29.8 Å². The largest absolute Gasteiger partial charge is 0.294 e. The van der Waals surface area contributed by atoms with Crippen LogP contribution >= 0.6 is 0 Å². The van der Waals surface area contributed by atoms with Gasteiger partial charge in [-0.05, 0) is 30.7 Å². The van der Waals surface area contributed by atoms with Crippen molar-refractivity contribution in [2.75, 3.05) is 18.4 Å². The summed E-state index contributed by atoms with van der Waals surface area (Å²) in [5.74, 6) is 0. The maximum absolute atomic E-state index is 12.3. The lowest BCUT2D eigenvalue weighted by molar-refractivity contribution is -0.109. The number of hydrazine groups is 1. The molecule has 1 aromatic carbocycles. The average Bonchev–Trinajstić information content (AvgIpc) is 2.79. The van der Waals surface area contributed by atoms with Gasteiger partial charge in [0.1, 0.15) is 0 Å². The third-order valence-corrected chi connectivity index (χ3v) is 5.95. The molecule has 1 unspecified atom stereocenters. The second-order valence-electron chi connectivity index (χ2n) is 5.25. The van der Waals surface area contributed by atoms with Gasteiger partial charge in [0, 0.05) is 6.26 Å². The van der Waals surface area contributed by atoms with Gasteiger partial charge < -0.3 is 0 Å². The van der Waals surface area contributed by atoms with Crippen LogP contribution in [0.1, 0.15) is 13.3 Å². The second-order valence-corrected chi connectivity index (χ2v) is 8.87. The fourth-order valence-electron chi connectivity index (χ4n) is 2.41. The van der Waals surface area contributed by atoms with Crippen LogP contribution < -0.4 is 10.7 Å². The van der Waals surface area contributed by atoms with Gasteiger partial charge in [0.05, 0.1) is 23.4 Å². The van der Waals surface area contributed by atoms with E-state index in [1.807, 2.05) is 0 Å². The maximum atomic E-state index is 12.3. The number of anilines is 1. The molecule has 3 N–H and O–H groups in total. The minimum Gasteiger partial charge on any atom is -0.291 e. The van der Waals surface area contributed by atoms with E-state index in [0.717, 1.165) is 17.3 Å². The van der Waals surface area contributed by atoms with E-state index in [9.17, 15) is 21.4 Å². The molecular formula is C13H19N3O6S2. The highest BCUT2D eigenvalue weighted by Crippen LogP contribution is 2.38. The van der Waals surface area contributed by atoms with E-state index in [2.05, 4.69) is 0 Å². The highest BCUT2D eigenvalue weighted by molar-refractivity contribution is 7.92. The van der Waals surface area contributed by atoms with Crippen molar-refractivity contribution in [2.45, 2.75) is 23.2 Å². The Hall–Kier alpha value is -1.66. The number of hydrogen-bond acceptors (Lipinski definition) is 8. The van der Waals surface area contributed by atoms with Crippen molar-refractivity contribution in [3.8, 4) is 0 Å². The van der Waals surface area contributed by atoms with Gasteiger partial charge >= 0.3 is 0 Å². The first kappa shape index (κ1) is 18.7. The van der Waals surface area contributed by atoms with Crippen LogP contribution in [0.5, 0.6) is 0 Å². The molecule has 24 heavy (non-hydrogen) atoms. The van der Waals surface area contributed by atoms with Crippen molar-refractivity contribution >= 4 is 25.6 Å². The topological polar surface area (TPSA) is 130 Å². The van der Waals surface area contributed by atoms with Gasteiger partial charge in [-0.3, -0.25) is 15.1 Å². The number of benzene rings is 1. The quantitative estimate of drug-likeness (QED) is 0.704. The number of nitrogens with two attached hydrogens (primary N) is 1. The van der Waals surface area contributed by atoms with Crippen LogP contribution in [-0.2, 0) is 24.8 Å². The zero-order valence-electron chi connectivity index (χ0n) is 13.4. The van der Waals surface area contributed by atoms with Crippen LogP contribution in [-0.4, -0.2) is 44.9 Å². The van der Waals surface area contributed by atoms with Crippen molar-refractivity contribution in [3.63, 3.8) is 0 Å². The minimum atomic E-state index is -4.46. The smallest absolute Gasteiger partial charge is 0.291 e. The number of rotatable bonds is 5. The molecule has 0 aromatic heterocycles. The van der Waals surface area contributed by atoms with Crippen LogP contribution in [0.15, 0.2) is 40.9 Å². The first-order valence-corrected chi connectivity index (χ1v) is 10.2. The monoisotopic (exact) mass is 377 g/mol. The van der Waals surface area contributed by atoms with Crippen LogP contribution in [0.3, 0.4) is 0 Å². The summed E-state index contributed by atoms with van der Waals surface area (Å²) in [6.45, 7) is 1.79. The summed E-state index contributed by atoms with van der Waals surface area (Å²) in [5.41, 5.74) is 6.74. The summed E-state index contributed by atoms with van der Waals surface area (Å²) in [7, 11) is -6.97. The molecule has 1 aromatic rings. The Kier molecular flexibility index (Phi) is 4.67. The number of sulfone groups is 1. The Morgan fingerprint density at radius 1 is 1.29 bits per heavy atom. The van der Waals surface area contributed by atoms with Gasteiger partial charge in [-0.1, -0.05) is 13.0 Å². The normalized spacial score (nSPS) is 22.0. The number of hydroxylamine groups is 1. The fraction of sp³-hybridized carbons (Fsp3) is 0.385. The predicted octanol–water partition coefficient (Wildman–Crippen LogP) is 0.483. The molecule has 0 bridgehead atoms. The highest BCUT2D eigenvalue weighted by Gasteiger charge is 2.50. The molecule has 0 aliphatic carbocycles. The first-order chi connectivity index (χ1) is 11.0. The molecule has 134 valence electrons. The van der Waals surface area contributed by atoms with Gasteiger partial charge in [0.2, 0.25) is 4.99 Å². The van der Waals surface area contributed by atoms with Crippen molar-refractivity contribution in [3.05, 3.63) is 36.0 Å². The van der Waals surface area contributed by atoms with Gasteiger partial charge in [-0.15, -0.1) is 0 Å². The summed E-state index contributed by atoms with van der Waals surface area (Å²) in [6.07, 6.45) is 2.73. The van der Waals surface area contributed by atoms with Gasteiger partial charge in [0.15, 0.2) is 9.84 Å². The highest BCUT2D eigenvalue weighted by atomic mass is 32.2. The zero-order chi connectivity index (χ0) is 18.3. The third-order valence-electron chi connectivity index (χ3n) is 3.62. The van der Waals surface area contributed by atoms with Crippen molar-refractivity contribution in [1.82, 2.24) is 5.17 Å². The average molecular weight is 377 g/mol. The lowest BCUT2D eigenvalue weighted by Gasteiger charge is -2.39. The molecule has 0 saturated carbocycles. The van der Waals surface area contributed by atoms with E-state index in [-0.39, 0.29) is 5.69 Å². The summed E-state index contributed by atoms with van der Waals surface area (Å²) in [5, 5.41) is 2.31. The predicted molar refractivity (Wildman–Crippen MR) is 87.7 cm³/mol.